The highest BCUT2D eigenvalue weighted by Gasteiger charge is 2.78. The normalized spacial score (nSPS) is 29.6. The average molecular weight is 538 g/mol. The van der Waals surface area contributed by atoms with Crippen molar-refractivity contribution < 1.29 is 33.7 Å². The van der Waals surface area contributed by atoms with E-state index in [2.05, 4.69) is 10.6 Å². The highest BCUT2D eigenvalue weighted by Crippen LogP contribution is 2.63. The number of carbonyl (C=O) groups is 3. The fourth-order valence-electron chi connectivity index (χ4n) is 6.53. The molecular formula is C29H35N3O7. The molecule has 2 aromatic rings. The summed E-state index contributed by atoms with van der Waals surface area (Å²) in [5, 5.41) is 15.8. The number of hydrogen-bond acceptors (Lipinski definition) is 7. The molecule has 3 heterocycles. The van der Waals surface area contributed by atoms with Crippen molar-refractivity contribution in [3.8, 4) is 11.5 Å². The molecule has 0 aromatic heterocycles. The van der Waals surface area contributed by atoms with Gasteiger partial charge in [-0.2, -0.15) is 0 Å². The third kappa shape index (κ3) is 4.41. The van der Waals surface area contributed by atoms with Crippen molar-refractivity contribution in [3.05, 3.63) is 48.5 Å². The van der Waals surface area contributed by atoms with Crippen LogP contribution in [0.1, 0.15) is 33.6 Å². The number of rotatable bonds is 9. The predicted molar refractivity (Wildman–Crippen MR) is 143 cm³/mol. The SMILES string of the molecule is CCOc1ccc(NC(=O)[C@@H]2[C@H]3C(=O)N([C@H](C)CO)C(C(=O)Nc4ccc(OC)cc4)C34CC[C@@]2(C)O4)cc1. The van der Waals surface area contributed by atoms with Crippen LogP contribution in [0.5, 0.6) is 11.5 Å². The van der Waals surface area contributed by atoms with Crippen LogP contribution in [0.2, 0.25) is 0 Å². The van der Waals surface area contributed by atoms with Gasteiger partial charge in [0.15, 0.2) is 0 Å². The molecular weight excluding hydrogens is 502 g/mol. The lowest BCUT2D eigenvalue weighted by atomic mass is 9.66. The Morgan fingerprint density at radius 1 is 1.05 bits per heavy atom. The summed E-state index contributed by atoms with van der Waals surface area (Å²) in [5.41, 5.74) is -0.993. The summed E-state index contributed by atoms with van der Waals surface area (Å²) in [4.78, 5) is 42.9. The third-order valence-corrected chi connectivity index (χ3v) is 8.27. The molecule has 10 nitrogen and oxygen atoms in total. The Labute approximate surface area is 227 Å². The van der Waals surface area contributed by atoms with Crippen molar-refractivity contribution in [1.29, 1.82) is 0 Å². The first-order valence-corrected chi connectivity index (χ1v) is 13.3. The molecule has 0 saturated carbocycles. The lowest BCUT2D eigenvalue weighted by molar-refractivity contribution is -0.146. The van der Waals surface area contributed by atoms with Gasteiger partial charge in [0, 0.05) is 11.4 Å². The molecule has 2 unspecified atom stereocenters. The molecule has 3 aliphatic heterocycles. The molecule has 3 N–H and O–H groups in total. The van der Waals surface area contributed by atoms with Crippen LogP contribution >= 0.6 is 0 Å². The van der Waals surface area contributed by atoms with E-state index in [0.29, 0.717) is 42.3 Å². The van der Waals surface area contributed by atoms with E-state index in [1.54, 1.807) is 62.6 Å². The summed E-state index contributed by atoms with van der Waals surface area (Å²) in [6, 6.07) is 12.3. The fourth-order valence-corrected chi connectivity index (χ4v) is 6.53. The molecule has 2 aromatic carbocycles. The minimum Gasteiger partial charge on any atom is -0.497 e. The van der Waals surface area contributed by atoms with Crippen LogP contribution in [-0.4, -0.2) is 71.3 Å². The Hall–Kier alpha value is -3.63. The zero-order valence-corrected chi connectivity index (χ0v) is 22.6. The molecule has 1 spiro atoms. The van der Waals surface area contributed by atoms with Gasteiger partial charge in [-0.1, -0.05) is 0 Å². The second-order valence-electron chi connectivity index (χ2n) is 10.7. The summed E-state index contributed by atoms with van der Waals surface area (Å²) in [5.74, 6) is -1.46. The van der Waals surface area contributed by atoms with E-state index in [9.17, 15) is 19.5 Å². The van der Waals surface area contributed by atoms with Gasteiger partial charge in [0.25, 0.3) is 0 Å². The number of aliphatic hydroxyl groups excluding tert-OH is 1. The van der Waals surface area contributed by atoms with Crippen molar-refractivity contribution in [2.24, 2.45) is 11.8 Å². The maximum absolute atomic E-state index is 14.0. The summed E-state index contributed by atoms with van der Waals surface area (Å²) >= 11 is 0. The number of nitrogens with zero attached hydrogens (tertiary/aromatic N) is 1. The maximum atomic E-state index is 14.0. The van der Waals surface area contributed by atoms with Crippen LogP contribution in [0.15, 0.2) is 48.5 Å². The topological polar surface area (TPSA) is 126 Å². The van der Waals surface area contributed by atoms with Gasteiger partial charge in [0.2, 0.25) is 17.7 Å². The minimum absolute atomic E-state index is 0.332. The largest absolute Gasteiger partial charge is 0.497 e. The van der Waals surface area contributed by atoms with Crippen molar-refractivity contribution in [3.63, 3.8) is 0 Å². The quantitative estimate of drug-likeness (QED) is 0.449. The van der Waals surface area contributed by atoms with Gasteiger partial charge in [0.1, 0.15) is 23.1 Å². The van der Waals surface area contributed by atoms with Crippen LogP contribution in [0.3, 0.4) is 0 Å². The van der Waals surface area contributed by atoms with E-state index < -0.39 is 41.0 Å². The monoisotopic (exact) mass is 537 g/mol. The lowest BCUT2D eigenvalue weighted by Gasteiger charge is -2.35. The molecule has 0 aliphatic carbocycles. The van der Waals surface area contributed by atoms with Gasteiger partial charge < -0.3 is 34.9 Å². The molecule has 2 bridgehead atoms. The van der Waals surface area contributed by atoms with Gasteiger partial charge in [-0.05, 0) is 82.1 Å². The van der Waals surface area contributed by atoms with E-state index in [-0.39, 0.29) is 18.4 Å². The van der Waals surface area contributed by atoms with Crippen LogP contribution in [0.25, 0.3) is 0 Å². The Balaban J connectivity index is 1.45. The van der Waals surface area contributed by atoms with E-state index in [0.717, 1.165) is 0 Å². The maximum Gasteiger partial charge on any atom is 0.250 e. The number of aliphatic hydroxyl groups is 1. The summed E-state index contributed by atoms with van der Waals surface area (Å²) in [6.45, 7) is 5.62. The molecule has 39 heavy (non-hydrogen) atoms. The molecule has 3 aliphatic rings. The summed E-state index contributed by atoms with van der Waals surface area (Å²) in [6.07, 6.45) is 0.966. The molecule has 208 valence electrons. The number of carbonyl (C=O) groups excluding carboxylic acids is 3. The van der Waals surface area contributed by atoms with E-state index in [1.165, 1.54) is 4.90 Å². The van der Waals surface area contributed by atoms with Gasteiger partial charge >= 0.3 is 0 Å². The summed E-state index contributed by atoms with van der Waals surface area (Å²) < 4.78 is 17.3. The number of methoxy groups -OCH3 is 1. The number of likely N-dealkylation sites (tertiary alicyclic amines) is 1. The number of anilines is 2. The standard InChI is InChI=1S/C29H35N3O7/c1-5-38-21-12-8-18(9-13-21)30-25(34)22-23-27(36)32(17(2)16-33)24(29(23)15-14-28(22,3)39-29)26(35)31-19-6-10-20(37-4)11-7-19/h6-13,17,22-24,33H,5,14-16H2,1-4H3,(H,30,34)(H,31,35)/t17-,22+,23+,24?,28-,29?/m1/s1. The first-order valence-electron chi connectivity index (χ1n) is 13.3. The van der Waals surface area contributed by atoms with Crippen LogP contribution in [0.4, 0.5) is 11.4 Å². The zero-order chi connectivity index (χ0) is 27.9. The Morgan fingerprint density at radius 2 is 1.64 bits per heavy atom. The highest BCUT2D eigenvalue weighted by molar-refractivity contribution is 6.05. The van der Waals surface area contributed by atoms with Crippen LogP contribution in [-0.2, 0) is 19.1 Å². The molecule has 3 amide bonds. The first kappa shape index (κ1) is 27.0. The van der Waals surface area contributed by atoms with Crippen LogP contribution < -0.4 is 20.1 Å². The van der Waals surface area contributed by atoms with Gasteiger partial charge in [-0.3, -0.25) is 14.4 Å². The van der Waals surface area contributed by atoms with Crippen LogP contribution in [0, 0.1) is 11.8 Å². The molecule has 0 radical (unpaired) electrons. The number of benzene rings is 2. The van der Waals surface area contributed by atoms with Crippen molar-refractivity contribution >= 4 is 29.1 Å². The fraction of sp³-hybridized carbons (Fsp3) is 0.483. The zero-order valence-electron chi connectivity index (χ0n) is 22.6. The average Bonchev–Trinajstić information content (AvgIpc) is 3.50. The second kappa shape index (κ2) is 10.2. The van der Waals surface area contributed by atoms with Crippen molar-refractivity contribution in [2.45, 2.75) is 56.9 Å². The van der Waals surface area contributed by atoms with E-state index in [4.69, 9.17) is 14.2 Å². The number of nitrogens with one attached hydrogen (secondary N) is 2. The highest BCUT2D eigenvalue weighted by atomic mass is 16.5. The van der Waals surface area contributed by atoms with E-state index >= 15 is 0 Å². The molecule has 3 saturated heterocycles. The van der Waals surface area contributed by atoms with Gasteiger partial charge in [-0.15, -0.1) is 0 Å². The Morgan fingerprint density at radius 3 is 2.21 bits per heavy atom. The Kier molecular flexibility index (Phi) is 7.02. The predicted octanol–water partition coefficient (Wildman–Crippen LogP) is 2.82. The molecule has 3 fully saturated rings. The second-order valence-corrected chi connectivity index (χ2v) is 10.7. The third-order valence-electron chi connectivity index (χ3n) is 8.27. The van der Waals surface area contributed by atoms with Crippen molar-refractivity contribution in [2.75, 3.05) is 31.0 Å². The minimum atomic E-state index is -1.19. The summed E-state index contributed by atoms with van der Waals surface area (Å²) in [7, 11) is 1.56. The van der Waals surface area contributed by atoms with Crippen molar-refractivity contribution in [1.82, 2.24) is 4.90 Å². The first-order chi connectivity index (χ1) is 18.7. The van der Waals surface area contributed by atoms with Gasteiger partial charge in [-0.25, -0.2) is 0 Å². The number of ether oxygens (including phenoxy) is 3. The molecule has 6 atom stereocenters. The number of fused-ring (bicyclic) bond motifs is 1. The molecule has 10 heteroatoms. The smallest absolute Gasteiger partial charge is 0.250 e. The van der Waals surface area contributed by atoms with E-state index in [1.807, 2.05) is 13.8 Å². The lowest BCUT2D eigenvalue weighted by Crippen LogP contribution is -2.55. The number of amides is 3. The molecule has 5 rings (SSSR count). The number of hydrogen-bond donors (Lipinski definition) is 3. The van der Waals surface area contributed by atoms with Gasteiger partial charge in [0.05, 0.1) is 43.8 Å². The Bertz CT molecular complexity index is 1250.